The normalized spacial score (nSPS) is 30.2. The fourth-order valence-corrected chi connectivity index (χ4v) is 3.93. The molecule has 0 bridgehead atoms. The standard InChI is InChI=1S/C17H31N3O4/c1-13-10-14(11-20(13)15-2-3-15)19-16(22)18-12-17(24-9-6-21)4-7-23-8-5-17/h13-15,21H,2-12H2,1H3,(H2,18,19,22)/t13-,14-/m1/s1. The number of carbonyl (C=O) groups excluding carboxylic acids is 1. The molecule has 3 N–H and O–H groups in total. The quantitative estimate of drug-likeness (QED) is 0.627. The van der Waals surface area contributed by atoms with Crippen molar-refractivity contribution in [3.05, 3.63) is 0 Å². The van der Waals surface area contributed by atoms with E-state index in [2.05, 4.69) is 22.5 Å². The minimum Gasteiger partial charge on any atom is -0.394 e. The van der Waals surface area contributed by atoms with E-state index in [0.29, 0.717) is 32.4 Å². The average Bonchev–Trinajstić information content (AvgIpc) is 3.36. The lowest BCUT2D eigenvalue weighted by molar-refractivity contribution is -0.114. The van der Waals surface area contributed by atoms with Crippen LogP contribution in [0.1, 0.15) is 39.0 Å². The molecule has 0 aromatic carbocycles. The number of nitrogens with zero attached hydrogens (tertiary/aromatic N) is 1. The average molecular weight is 341 g/mol. The van der Waals surface area contributed by atoms with Crippen LogP contribution in [-0.4, -0.2) is 79.3 Å². The Morgan fingerprint density at radius 2 is 2.12 bits per heavy atom. The molecule has 0 unspecified atom stereocenters. The first kappa shape index (κ1) is 17.9. The second-order valence-corrected chi connectivity index (χ2v) is 7.40. The Kier molecular flexibility index (Phi) is 5.97. The number of urea groups is 1. The van der Waals surface area contributed by atoms with E-state index >= 15 is 0 Å². The summed E-state index contributed by atoms with van der Waals surface area (Å²) in [6, 6.07) is 1.40. The Balaban J connectivity index is 1.43. The van der Waals surface area contributed by atoms with Crippen molar-refractivity contribution in [1.29, 1.82) is 0 Å². The zero-order chi connectivity index (χ0) is 17.0. The van der Waals surface area contributed by atoms with Gasteiger partial charge < -0.3 is 25.2 Å². The highest BCUT2D eigenvalue weighted by Crippen LogP contribution is 2.33. The lowest BCUT2D eigenvalue weighted by atomic mass is 9.94. The van der Waals surface area contributed by atoms with Crippen LogP contribution in [0.2, 0.25) is 0 Å². The molecule has 1 aliphatic carbocycles. The monoisotopic (exact) mass is 341 g/mol. The summed E-state index contributed by atoms with van der Waals surface area (Å²) in [7, 11) is 0. The number of rotatable bonds is 7. The molecule has 0 spiro atoms. The van der Waals surface area contributed by atoms with E-state index in [0.717, 1.165) is 31.8 Å². The first-order valence-corrected chi connectivity index (χ1v) is 9.24. The van der Waals surface area contributed by atoms with Gasteiger partial charge in [0.1, 0.15) is 0 Å². The van der Waals surface area contributed by atoms with Crippen LogP contribution in [0.15, 0.2) is 0 Å². The molecule has 2 saturated heterocycles. The van der Waals surface area contributed by atoms with E-state index in [1.54, 1.807) is 0 Å². The number of hydrogen-bond donors (Lipinski definition) is 3. The summed E-state index contributed by atoms with van der Waals surface area (Å²) >= 11 is 0. The molecule has 0 aromatic rings. The van der Waals surface area contributed by atoms with Crippen molar-refractivity contribution in [1.82, 2.24) is 15.5 Å². The van der Waals surface area contributed by atoms with E-state index in [1.165, 1.54) is 12.8 Å². The zero-order valence-corrected chi connectivity index (χ0v) is 14.6. The van der Waals surface area contributed by atoms with Crippen LogP contribution in [0.5, 0.6) is 0 Å². The van der Waals surface area contributed by atoms with Gasteiger partial charge >= 0.3 is 6.03 Å². The Hall–Kier alpha value is -0.890. The molecule has 2 amide bonds. The minimum absolute atomic E-state index is 0.00817. The summed E-state index contributed by atoms with van der Waals surface area (Å²) in [5, 5.41) is 15.1. The van der Waals surface area contributed by atoms with Gasteiger partial charge in [0.2, 0.25) is 0 Å². The van der Waals surface area contributed by atoms with Gasteiger partial charge in [-0.2, -0.15) is 0 Å². The van der Waals surface area contributed by atoms with Crippen LogP contribution >= 0.6 is 0 Å². The number of likely N-dealkylation sites (tertiary alicyclic amines) is 1. The minimum atomic E-state index is -0.415. The largest absolute Gasteiger partial charge is 0.394 e. The molecule has 2 heterocycles. The maximum Gasteiger partial charge on any atom is 0.315 e. The second kappa shape index (κ2) is 7.99. The molecule has 2 aliphatic heterocycles. The summed E-state index contributed by atoms with van der Waals surface area (Å²) in [5.74, 6) is 0. The van der Waals surface area contributed by atoms with Gasteiger partial charge in [0.25, 0.3) is 0 Å². The van der Waals surface area contributed by atoms with Gasteiger partial charge in [0.05, 0.1) is 18.8 Å². The predicted octanol–water partition coefficient (Wildman–Crippen LogP) is 0.469. The van der Waals surface area contributed by atoms with Crippen molar-refractivity contribution in [2.24, 2.45) is 0 Å². The van der Waals surface area contributed by atoms with Gasteiger partial charge in [-0.25, -0.2) is 4.79 Å². The number of aliphatic hydroxyl groups excluding tert-OH is 1. The maximum absolute atomic E-state index is 12.3. The van der Waals surface area contributed by atoms with Gasteiger partial charge in [0, 0.05) is 57.3 Å². The van der Waals surface area contributed by atoms with Crippen LogP contribution in [0.3, 0.4) is 0 Å². The number of aliphatic hydroxyl groups is 1. The summed E-state index contributed by atoms with van der Waals surface area (Å²) in [6.07, 6.45) is 5.10. The van der Waals surface area contributed by atoms with Crippen molar-refractivity contribution < 1.29 is 19.4 Å². The molecule has 3 aliphatic rings. The third-order valence-electron chi connectivity index (χ3n) is 5.45. The first-order valence-electron chi connectivity index (χ1n) is 9.24. The number of carbonyl (C=O) groups is 1. The Labute approximate surface area is 144 Å². The van der Waals surface area contributed by atoms with Crippen LogP contribution in [-0.2, 0) is 9.47 Å². The molecular weight excluding hydrogens is 310 g/mol. The Bertz CT molecular complexity index is 424. The summed E-state index contributed by atoms with van der Waals surface area (Å²) < 4.78 is 11.2. The van der Waals surface area contributed by atoms with Crippen molar-refractivity contribution in [3.8, 4) is 0 Å². The highest BCUT2D eigenvalue weighted by molar-refractivity contribution is 5.74. The van der Waals surface area contributed by atoms with Crippen molar-refractivity contribution >= 4 is 6.03 Å². The maximum atomic E-state index is 12.3. The van der Waals surface area contributed by atoms with Gasteiger partial charge in [-0.15, -0.1) is 0 Å². The molecule has 7 heteroatoms. The lowest BCUT2D eigenvalue weighted by Crippen LogP contribution is -2.52. The zero-order valence-electron chi connectivity index (χ0n) is 14.6. The first-order chi connectivity index (χ1) is 11.6. The van der Waals surface area contributed by atoms with E-state index < -0.39 is 5.60 Å². The molecule has 24 heavy (non-hydrogen) atoms. The van der Waals surface area contributed by atoms with Gasteiger partial charge in [0.15, 0.2) is 0 Å². The summed E-state index contributed by atoms with van der Waals surface area (Å²) in [6.45, 7) is 5.20. The third-order valence-corrected chi connectivity index (χ3v) is 5.45. The fraction of sp³-hybridized carbons (Fsp3) is 0.941. The SMILES string of the molecule is C[C@@H]1C[C@@H](NC(=O)NCC2(OCCO)CCOCC2)CN1C1CC1. The molecule has 3 rings (SSSR count). The molecule has 1 saturated carbocycles. The van der Waals surface area contributed by atoms with E-state index in [4.69, 9.17) is 14.6 Å². The van der Waals surface area contributed by atoms with E-state index in [9.17, 15) is 4.79 Å². The highest BCUT2D eigenvalue weighted by Gasteiger charge is 2.39. The topological polar surface area (TPSA) is 83.1 Å². The number of hydrogen-bond acceptors (Lipinski definition) is 5. The van der Waals surface area contributed by atoms with E-state index in [1.807, 2.05) is 0 Å². The van der Waals surface area contributed by atoms with Gasteiger partial charge in [-0.05, 0) is 26.2 Å². The van der Waals surface area contributed by atoms with E-state index in [-0.39, 0.29) is 18.7 Å². The predicted molar refractivity (Wildman–Crippen MR) is 90.0 cm³/mol. The van der Waals surface area contributed by atoms with Gasteiger partial charge in [-0.1, -0.05) is 0 Å². The number of nitrogens with one attached hydrogen (secondary N) is 2. The van der Waals surface area contributed by atoms with Crippen LogP contribution in [0.4, 0.5) is 4.79 Å². The lowest BCUT2D eigenvalue weighted by Gasteiger charge is -2.37. The number of amides is 2. The highest BCUT2D eigenvalue weighted by atomic mass is 16.5. The smallest absolute Gasteiger partial charge is 0.315 e. The summed E-state index contributed by atoms with van der Waals surface area (Å²) in [5.41, 5.74) is -0.415. The molecule has 2 atom stereocenters. The fourth-order valence-electron chi connectivity index (χ4n) is 3.93. The van der Waals surface area contributed by atoms with Crippen LogP contribution < -0.4 is 10.6 Å². The Morgan fingerprint density at radius 3 is 2.79 bits per heavy atom. The molecule has 7 nitrogen and oxygen atoms in total. The number of ether oxygens (including phenoxy) is 2. The molecule has 138 valence electrons. The summed E-state index contributed by atoms with van der Waals surface area (Å²) in [4.78, 5) is 14.8. The molecular formula is C17H31N3O4. The Morgan fingerprint density at radius 1 is 1.38 bits per heavy atom. The molecule has 0 aromatic heterocycles. The molecule has 0 radical (unpaired) electrons. The van der Waals surface area contributed by atoms with Crippen LogP contribution in [0.25, 0.3) is 0 Å². The molecule has 3 fully saturated rings. The van der Waals surface area contributed by atoms with Gasteiger partial charge in [-0.3, -0.25) is 4.90 Å². The van der Waals surface area contributed by atoms with Crippen molar-refractivity contribution in [2.45, 2.75) is 62.8 Å². The third kappa shape index (κ3) is 4.59. The van der Waals surface area contributed by atoms with Crippen molar-refractivity contribution in [3.63, 3.8) is 0 Å². The van der Waals surface area contributed by atoms with Crippen LogP contribution in [0, 0.1) is 0 Å². The van der Waals surface area contributed by atoms with Crippen molar-refractivity contribution in [2.75, 3.05) is 39.5 Å². The second-order valence-electron chi connectivity index (χ2n) is 7.40.